The summed E-state index contributed by atoms with van der Waals surface area (Å²) in [4.78, 5) is 2.60. The summed E-state index contributed by atoms with van der Waals surface area (Å²) < 4.78 is 5.34. The van der Waals surface area contributed by atoms with Gasteiger partial charge in [0, 0.05) is 53.1 Å². The minimum absolute atomic E-state index is 0.0219. The predicted octanol–water partition coefficient (Wildman–Crippen LogP) is 18.3. The second-order valence-electron chi connectivity index (χ2n) is 22.0. The summed E-state index contributed by atoms with van der Waals surface area (Å²) in [5.74, 6) is 3.10. The molecule has 4 saturated carbocycles. The Morgan fingerprint density at radius 2 is 1.09 bits per heavy atom. The van der Waals surface area contributed by atoms with Crippen LogP contribution in [0.25, 0.3) is 81.0 Å². The summed E-state index contributed by atoms with van der Waals surface area (Å²) in [7, 11) is 0. The molecule has 6 aliphatic rings. The minimum atomic E-state index is -0.136. The molecule has 1 aliphatic heterocycles. The summed E-state index contributed by atoms with van der Waals surface area (Å²) in [6.45, 7) is 4.82. The lowest BCUT2D eigenvalue weighted by atomic mass is 9.41. The SMILES string of the molecule is CC1(C)c2ccccc2-c2ccc(N(c3ccc(-c4ccccc4-c4cccc5sc6ccccc6c45)cc3)c3ccc4c5c3c3ccccc3n5-c3ccccc3C43C4CC5CC(C4)CC3C5)cc21. The molecular weight excluding hydrogens is 865 g/mol. The number of nitrogens with zero attached hydrogens (tertiary/aromatic N) is 2. The summed E-state index contributed by atoms with van der Waals surface area (Å²) in [6, 6.07) is 74.6. The van der Waals surface area contributed by atoms with Crippen LogP contribution in [0.4, 0.5) is 17.1 Å². The van der Waals surface area contributed by atoms with Crippen molar-refractivity contribution in [3.63, 3.8) is 0 Å². The molecule has 5 aliphatic carbocycles. The molecule has 3 heterocycles. The summed E-state index contributed by atoms with van der Waals surface area (Å²) in [6.07, 6.45) is 6.89. The zero-order chi connectivity index (χ0) is 46.0. The van der Waals surface area contributed by atoms with Crippen molar-refractivity contribution in [2.24, 2.45) is 23.7 Å². The maximum atomic E-state index is 2.67. The zero-order valence-corrected chi connectivity index (χ0v) is 40.4. The first kappa shape index (κ1) is 39.6. The van der Waals surface area contributed by atoms with Gasteiger partial charge in [-0.3, -0.25) is 0 Å². The highest BCUT2D eigenvalue weighted by molar-refractivity contribution is 7.25. The molecule has 0 atom stereocenters. The number of benzene rings is 9. The Labute approximate surface area is 413 Å². The average Bonchev–Trinajstić information content (AvgIpc) is 4.03. The van der Waals surface area contributed by atoms with Crippen molar-refractivity contribution in [2.45, 2.75) is 56.8 Å². The highest BCUT2D eigenvalue weighted by Gasteiger charge is 2.61. The molecule has 9 aromatic carbocycles. The zero-order valence-electron chi connectivity index (χ0n) is 39.6. The normalized spacial score (nSPS) is 22.0. The van der Waals surface area contributed by atoms with E-state index in [0.717, 1.165) is 17.5 Å². The monoisotopic (exact) mass is 916 g/mol. The van der Waals surface area contributed by atoms with Crippen LogP contribution < -0.4 is 4.90 Å². The van der Waals surface area contributed by atoms with Crippen LogP contribution in [0.3, 0.4) is 0 Å². The molecule has 0 radical (unpaired) electrons. The van der Waals surface area contributed by atoms with Crippen LogP contribution in [0.15, 0.2) is 194 Å². The van der Waals surface area contributed by atoms with Gasteiger partial charge in [-0.05, 0) is 166 Å². The van der Waals surface area contributed by atoms with Gasteiger partial charge in [0.25, 0.3) is 0 Å². The van der Waals surface area contributed by atoms with Crippen LogP contribution in [-0.4, -0.2) is 4.57 Å². The molecule has 17 rings (SSSR count). The fourth-order valence-electron chi connectivity index (χ4n) is 15.8. The second kappa shape index (κ2) is 14.2. The second-order valence-corrected chi connectivity index (χ2v) is 23.1. The van der Waals surface area contributed by atoms with Crippen molar-refractivity contribution < 1.29 is 0 Å². The number of fused-ring (bicyclic) bond motifs is 11. The van der Waals surface area contributed by atoms with Crippen LogP contribution in [0.5, 0.6) is 0 Å². The molecule has 4 bridgehead atoms. The average molecular weight is 917 g/mol. The highest BCUT2D eigenvalue weighted by atomic mass is 32.1. The van der Waals surface area contributed by atoms with E-state index in [0.29, 0.717) is 11.8 Å². The minimum Gasteiger partial charge on any atom is -0.310 e. The maximum absolute atomic E-state index is 2.67. The fraction of sp³-hybridized carbons (Fsp3) is 0.194. The smallest absolute Gasteiger partial charge is 0.0603 e. The van der Waals surface area contributed by atoms with Crippen molar-refractivity contribution in [3.8, 4) is 39.1 Å². The van der Waals surface area contributed by atoms with Crippen LogP contribution in [-0.2, 0) is 10.8 Å². The van der Waals surface area contributed by atoms with Gasteiger partial charge in [-0.25, -0.2) is 0 Å². The van der Waals surface area contributed by atoms with E-state index in [1.807, 2.05) is 11.3 Å². The van der Waals surface area contributed by atoms with E-state index in [2.05, 4.69) is 217 Å². The Bertz CT molecular complexity index is 3980. The van der Waals surface area contributed by atoms with E-state index < -0.39 is 0 Å². The Kier molecular flexibility index (Phi) is 8.04. The van der Waals surface area contributed by atoms with Crippen molar-refractivity contribution in [1.29, 1.82) is 0 Å². The van der Waals surface area contributed by atoms with E-state index in [4.69, 9.17) is 0 Å². The molecule has 0 saturated heterocycles. The van der Waals surface area contributed by atoms with Crippen molar-refractivity contribution in [2.75, 3.05) is 4.90 Å². The standard InChI is InChI=1S/C67H52N2S/c1-66(2)54-20-8-5-16-49(54)50-31-30-46(39-57(50)66)68(45-28-26-42(27-29-45)47-14-3-4-15-48(47)51-19-13-25-62-63(51)53-18-7-12-24-61(53)70-62)60-33-32-56-65-64(60)52-17-6-10-22-58(52)69(65)59-23-11-9-21-55(59)67(56)43-35-40-34-41(37-43)38-44(67)36-40/h3-33,39-41,43-44H,34-38H2,1-2H3. The van der Waals surface area contributed by atoms with Gasteiger partial charge in [-0.15, -0.1) is 11.3 Å². The number of anilines is 3. The lowest BCUT2D eigenvalue weighted by molar-refractivity contribution is -0.0418. The summed E-state index contributed by atoms with van der Waals surface area (Å²) in [5, 5.41) is 5.36. The number of thiophene rings is 1. The Morgan fingerprint density at radius 3 is 1.90 bits per heavy atom. The Balaban J connectivity index is 0.930. The Hall–Kier alpha value is -7.20. The molecular formula is C67H52N2S. The predicted molar refractivity (Wildman–Crippen MR) is 295 cm³/mol. The van der Waals surface area contributed by atoms with E-state index in [1.54, 1.807) is 11.1 Å². The van der Waals surface area contributed by atoms with Gasteiger partial charge in [0.1, 0.15) is 0 Å². The van der Waals surface area contributed by atoms with Crippen molar-refractivity contribution >= 4 is 70.4 Å². The Morgan fingerprint density at radius 1 is 0.457 bits per heavy atom. The van der Waals surface area contributed by atoms with E-state index in [1.165, 1.54) is 136 Å². The van der Waals surface area contributed by atoms with Gasteiger partial charge in [0.05, 0.1) is 22.4 Å². The molecule has 4 fully saturated rings. The lowest BCUT2D eigenvalue weighted by Gasteiger charge is -2.63. The lowest BCUT2D eigenvalue weighted by Crippen LogP contribution is -2.57. The van der Waals surface area contributed by atoms with Gasteiger partial charge in [0.15, 0.2) is 0 Å². The topological polar surface area (TPSA) is 8.17 Å². The van der Waals surface area contributed by atoms with Crippen LogP contribution in [0.1, 0.15) is 68.2 Å². The third-order valence-corrected chi connectivity index (χ3v) is 19.5. The van der Waals surface area contributed by atoms with E-state index in [-0.39, 0.29) is 10.8 Å². The highest BCUT2D eigenvalue weighted by Crippen LogP contribution is 2.68. The molecule has 0 amide bonds. The molecule has 2 aromatic heterocycles. The van der Waals surface area contributed by atoms with Gasteiger partial charge >= 0.3 is 0 Å². The van der Waals surface area contributed by atoms with Gasteiger partial charge < -0.3 is 9.47 Å². The molecule has 0 N–H and O–H groups in total. The first-order valence-corrected chi connectivity index (χ1v) is 26.6. The first-order valence-electron chi connectivity index (χ1n) is 25.8. The largest absolute Gasteiger partial charge is 0.310 e. The number of hydrogen-bond acceptors (Lipinski definition) is 2. The molecule has 2 nitrogen and oxygen atoms in total. The first-order chi connectivity index (χ1) is 34.4. The summed E-state index contributed by atoms with van der Waals surface area (Å²) in [5.41, 5.74) is 21.2. The maximum Gasteiger partial charge on any atom is 0.0603 e. The van der Waals surface area contributed by atoms with E-state index >= 15 is 0 Å². The third kappa shape index (κ3) is 5.13. The molecule has 11 aromatic rings. The molecule has 70 heavy (non-hydrogen) atoms. The van der Waals surface area contributed by atoms with Crippen LogP contribution in [0, 0.1) is 23.7 Å². The molecule has 3 heteroatoms. The van der Waals surface area contributed by atoms with Gasteiger partial charge in [-0.1, -0.05) is 153 Å². The quantitative estimate of drug-likeness (QED) is 0.167. The van der Waals surface area contributed by atoms with Crippen LogP contribution in [0.2, 0.25) is 0 Å². The molecule has 1 spiro atoms. The van der Waals surface area contributed by atoms with Crippen molar-refractivity contribution in [1.82, 2.24) is 4.57 Å². The number of hydrogen-bond donors (Lipinski definition) is 0. The third-order valence-electron chi connectivity index (χ3n) is 18.4. The molecule has 336 valence electrons. The van der Waals surface area contributed by atoms with Gasteiger partial charge in [-0.2, -0.15) is 0 Å². The summed E-state index contributed by atoms with van der Waals surface area (Å²) >= 11 is 1.89. The van der Waals surface area contributed by atoms with Crippen molar-refractivity contribution in [3.05, 3.63) is 216 Å². The molecule has 0 unspecified atom stereocenters. The fourth-order valence-corrected chi connectivity index (χ4v) is 17.0. The van der Waals surface area contributed by atoms with Gasteiger partial charge in [0.2, 0.25) is 0 Å². The van der Waals surface area contributed by atoms with E-state index in [9.17, 15) is 0 Å². The number of aromatic nitrogens is 1. The van der Waals surface area contributed by atoms with Crippen LogP contribution >= 0.6 is 11.3 Å². The number of rotatable bonds is 5. The number of para-hydroxylation sites is 2.